The van der Waals surface area contributed by atoms with Gasteiger partial charge in [0.05, 0.1) is 12.6 Å². The predicted molar refractivity (Wildman–Crippen MR) is 59.6 cm³/mol. The zero-order valence-corrected chi connectivity index (χ0v) is 9.68. The largest absolute Gasteiger partial charge is 0.394 e. The maximum Gasteiger partial charge on any atom is 0.237 e. The molecule has 1 amide bonds. The number of carbonyl (C=O) groups is 1. The molecule has 4 nitrogen and oxygen atoms in total. The molecule has 3 N–H and O–H groups in total. The summed E-state index contributed by atoms with van der Waals surface area (Å²) in [6.07, 6.45) is 3.78. The van der Waals surface area contributed by atoms with Crippen LogP contribution in [0.5, 0.6) is 0 Å². The topological polar surface area (TPSA) is 61.4 Å². The van der Waals surface area contributed by atoms with Crippen LogP contribution in [0.2, 0.25) is 0 Å². The minimum Gasteiger partial charge on any atom is -0.394 e. The van der Waals surface area contributed by atoms with Gasteiger partial charge in [0.25, 0.3) is 0 Å². The number of carbonyl (C=O) groups excluding carboxylic acids is 1. The normalized spacial score (nSPS) is 26.6. The predicted octanol–water partition coefficient (Wildman–Crippen LogP) is 0.406. The van der Waals surface area contributed by atoms with E-state index < -0.39 is 0 Å². The molecule has 2 unspecified atom stereocenters. The van der Waals surface area contributed by atoms with E-state index in [1.807, 2.05) is 13.8 Å². The van der Waals surface area contributed by atoms with Gasteiger partial charge < -0.3 is 10.4 Å². The molecule has 2 atom stereocenters. The summed E-state index contributed by atoms with van der Waals surface area (Å²) in [7, 11) is 0. The standard InChI is InChI=1S/C11H22N2O2/c1-3-11(2,8-14)13-9-6-4-5-7-12-10(9)15/h9,13-14H,3-8H2,1-2H3,(H,12,15). The number of aliphatic hydroxyl groups is 1. The smallest absolute Gasteiger partial charge is 0.237 e. The molecule has 0 aromatic heterocycles. The molecule has 1 rings (SSSR count). The lowest BCUT2D eigenvalue weighted by Gasteiger charge is -2.31. The SMILES string of the molecule is CCC(C)(CO)NC1CCCCNC1=O. The first-order chi connectivity index (χ1) is 7.11. The zero-order valence-electron chi connectivity index (χ0n) is 9.68. The Kier molecular flexibility index (Phi) is 4.54. The van der Waals surface area contributed by atoms with Gasteiger partial charge in [0, 0.05) is 12.1 Å². The van der Waals surface area contributed by atoms with Gasteiger partial charge in [0.15, 0.2) is 0 Å². The van der Waals surface area contributed by atoms with Crippen LogP contribution in [0.25, 0.3) is 0 Å². The van der Waals surface area contributed by atoms with Crippen molar-refractivity contribution in [3.8, 4) is 0 Å². The maximum absolute atomic E-state index is 11.7. The van der Waals surface area contributed by atoms with E-state index in [2.05, 4.69) is 10.6 Å². The van der Waals surface area contributed by atoms with Crippen LogP contribution in [0.4, 0.5) is 0 Å². The summed E-state index contributed by atoms with van der Waals surface area (Å²) >= 11 is 0. The van der Waals surface area contributed by atoms with Crippen molar-refractivity contribution in [1.29, 1.82) is 0 Å². The second-order valence-corrected chi connectivity index (χ2v) is 4.56. The molecule has 1 heterocycles. The molecular formula is C11H22N2O2. The van der Waals surface area contributed by atoms with Crippen LogP contribution in [0.1, 0.15) is 39.5 Å². The molecule has 0 bridgehead atoms. The lowest BCUT2D eigenvalue weighted by atomic mass is 9.97. The highest BCUT2D eigenvalue weighted by atomic mass is 16.3. The quantitative estimate of drug-likeness (QED) is 0.635. The van der Waals surface area contributed by atoms with Crippen molar-refractivity contribution in [2.24, 2.45) is 0 Å². The van der Waals surface area contributed by atoms with Crippen LogP contribution < -0.4 is 10.6 Å². The first-order valence-corrected chi connectivity index (χ1v) is 5.77. The lowest BCUT2D eigenvalue weighted by molar-refractivity contribution is -0.123. The van der Waals surface area contributed by atoms with E-state index in [1.54, 1.807) is 0 Å². The summed E-state index contributed by atoms with van der Waals surface area (Å²) in [6.45, 7) is 4.80. The molecule has 0 aromatic carbocycles. The molecule has 0 aliphatic carbocycles. The van der Waals surface area contributed by atoms with Gasteiger partial charge in [-0.1, -0.05) is 6.92 Å². The monoisotopic (exact) mass is 214 g/mol. The Labute approximate surface area is 91.4 Å². The fraction of sp³-hybridized carbons (Fsp3) is 0.909. The Morgan fingerprint density at radius 1 is 1.60 bits per heavy atom. The van der Waals surface area contributed by atoms with Gasteiger partial charge in [-0.05, 0) is 32.6 Å². The van der Waals surface area contributed by atoms with Crippen LogP contribution in [0, 0.1) is 0 Å². The Morgan fingerprint density at radius 3 is 2.93 bits per heavy atom. The van der Waals surface area contributed by atoms with Gasteiger partial charge in [-0.3, -0.25) is 10.1 Å². The minimum absolute atomic E-state index is 0.0628. The molecule has 0 aromatic rings. The summed E-state index contributed by atoms with van der Waals surface area (Å²) in [6, 6.07) is -0.149. The molecule has 0 radical (unpaired) electrons. The Morgan fingerprint density at radius 2 is 2.33 bits per heavy atom. The molecule has 0 spiro atoms. The third-order valence-electron chi connectivity index (χ3n) is 3.19. The number of aliphatic hydroxyl groups excluding tert-OH is 1. The summed E-state index contributed by atoms with van der Waals surface area (Å²) in [5, 5.41) is 15.4. The maximum atomic E-state index is 11.7. The number of rotatable bonds is 4. The van der Waals surface area contributed by atoms with Crippen LogP contribution >= 0.6 is 0 Å². The van der Waals surface area contributed by atoms with Crippen LogP contribution in [-0.2, 0) is 4.79 Å². The van der Waals surface area contributed by atoms with Crippen molar-refractivity contribution in [3.63, 3.8) is 0 Å². The van der Waals surface area contributed by atoms with Crippen molar-refractivity contribution < 1.29 is 9.90 Å². The lowest BCUT2D eigenvalue weighted by Crippen LogP contribution is -2.55. The molecule has 1 aliphatic rings. The number of hydrogen-bond donors (Lipinski definition) is 3. The molecule has 15 heavy (non-hydrogen) atoms. The average molecular weight is 214 g/mol. The second-order valence-electron chi connectivity index (χ2n) is 4.56. The van der Waals surface area contributed by atoms with E-state index in [4.69, 9.17) is 0 Å². The molecule has 0 saturated carbocycles. The third kappa shape index (κ3) is 3.47. The Bertz CT molecular complexity index is 215. The van der Waals surface area contributed by atoms with Gasteiger partial charge in [0.2, 0.25) is 5.91 Å². The van der Waals surface area contributed by atoms with Crippen LogP contribution in [-0.4, -0.2) is 35.7 Å². The van der Waals surface area contributed by atoms with Gasteiger partial charge in [-0.15, -0.1) is 0 Å². The van der Waals surface area contributed by atoms with E-state index in [1.165, 1.54) is 0 Å². The van der Waals surface area contributed by atoms with E-state index in [0.717, 1.165) is 32.2 Å². The van der Waals surface area contributed by atoms with Gasteiger partial charge in [-0.25, -0.2) is 0 Å². The molecule has 1 aliphatic heterocycles. The van der Waals surface area contributed by atoms with Gasteiger partial charge >= 0.3 is 0 Å². The molecular weight excluding hydrogens is 192 g/mol. The Hall–Kier alpha value is -0.610. The molecule has 4 heteroatoms. The molecule has 1 saturated heterocycles. The zero-order chi connectivity index (χ0) is 11.3. The number of amides is 1. The average Bonchev–Trinajstić information content (AvgIpc) is 2.44. The number of nitrogens with one attached hydrogen (secondary N) is 2. The highest BCUT2D eigenvalue weighted by Crippen LogP contribution is 2.13. The van der Waals surface area contributed by atoms with Crippen molar-refractivity contribution in [2.75, 3.05) is 13.2 Å². The van der Waals surface area contributed by atoms with E-state index in [9.17, 15) is 9.90 Å². The molecule has 1 fully saturated rings. The van der Waals surface area contributed by atoms with Crippen molar-refractivity contribution in [1.82, 2.24) is 10.6 Å². The minimum atomic E-state index is -0.341. The van der Waals surface area contributed by atoms with Gasteiger partial charge in [0.1, 0.15) is 0 Å². The summed E-state index contributed by atoms with van der Waals surface area (Å²) in [4.78, 5) is 11.7. The Balaban J connectivity index is 2.57. The first-order valence-electron chi connectivity index (χ1n) is 5.77. The molecule has 88 valence electrons. The highest BCUT2D eigenvalue weighted by molar-refractivity contribution is 5.82. The van der Waals surface area contributed by atoms with E-state index in [-0.39, 0.29) is 24.1 Å². The van der Waals surface area contributed by atoms with Crippen molar-refractivity contribution in [3.05, 3.63) is 0 Å². The summed E-state index contributed by atoms with van der Waals surface area (Å²) < 4.78 is 0. The first kappa shape index (κ1) is 12.5. The summed E-state index contributed by atoms with van der Waals surface area (Å²) in [5.41, 5.74) is -0.341. The number of hydrogen-bond acceptors (Lipinski definition) is 3. The third-order valence-corrected chi connectivity index (χ3v) is 3.19. The summed E-state index contributed by atoms with van der Waals surface area (Å²) in [5.74, 6) is 0.0700. The fourth-order valence-corrected chi connectivity index (χ4v) is 1.76. The van der Waals surface area contributed by atoms with Crippen molar-refractivity contribution >= 4 is 5.91 Å². The van der Waals surface area contributed by atoms with E-state index in [0.29, 0.717) is 0 Å². The second kappa shape index (κ2) is 5.47. The fourth-order valence-electron chi connectivity index (χ4n) is 1.76. The van der Waals surface area contributed by atoms with Gasteiger partial charge in [-0.2, -0.15) is 0 Å². The van der Waals surface area contributed by atoms with Crippen LogP contribution in [0.15, 0.2) is 0 Å². The highest BCUT2D eigenvalue weighted by Gasteiger charge is 2.29. The van der Waals surface area contributed by atoms with Crippen molar-refractivity contribution in [2.45, 2.75) is 51.1 Å². The van der Waals surface area contributed by atoms with Crippen LogP contribution in [0.3, 0.4) is 0 Å². The van der Waals surface area contributed by atoms with E-state index >= 15 is 0 Å².